The van der Waals surface area contributed by atoms with Gasteiger partial charge in [0.25, 0.3) is 6.29 Å². The Bertz CT molecular complexity index is 1790. The quantitative estimate of drug-likeness (QED) is 0.0211. The summed E-state index contributed by atoms with van der Waals surface area (Å²) >= 11 is 0. The molecule has 0 rings (SSSR count). The maximum Gasteiger partial charge on any atom is 0.361 e. The van der Waals surface area contributed by atoms with Gasteiger partial charge in [0.1, 0.15) is 13.2 Å². The molecule has 0 radical (unpaired) electrons. The second kappa shape index (κ2) is 61.5. The van der Waals surface area contributed by atoms with Crippen molar-refractivity contribution in [2.45, 2.75) is 257 Å². The lowest BCUT2D eigenvalue weighted by Crippen LogP contribution is -2.40. The monoisotopic (exact) mass is 1130 g/mol. The molecular weight excluding hydrogens is 1010 g/mol. The van der Waals surface area contributed by atoms with E-state index in [0.29, 0.717) is 17.4 Å². The highest BCUT2D eigenvalue weighted by molar-refractivity contribution is 5.71. The van der Waals surface area contributed by atoms with E-state index in [9.17, 15) is 19.5 Å². The van der Waals surface area contributed by atoms with Gasteiger partial charge < -0.3 is 28.5 Å². The highest BCUT2D eigenvalue weighted by Gasteiger charge is 2.25. The predicted molar refractivity (Wildman–Crippen MR) is 345 cm³/mol. The van der Waals surface area contributed by atoms with Gasteiger partial charge in [0.15, 0.2) is 6.10 Å². The number of carboxylic acid groups (broad SMARTS) is 1. The van der Waals surface area contributed by atoms with Crippen LogP contribution in [0.5, 0.6) is 0 Å². The summed E-state index contributed by atoms with van der Waals surface area (Å²) in [6.45, 7) is 4.59. The van der Waals surface area contributed by atoms with Crippen molar-refractivity contribution in [1.29, 1.82) is 0 Å². The first-order chi connectivity index (χ1) is 39.6. The number of likely N-dealkylation sites (N-methyl/N-ethyl adjacent to an activating group) is 1. The molecule has 460 valence electrons. The Balaban J connectivity index is 4.16. The molecule has 0 aromatic rings. The third-order valence-electron chi connectivity index (χ3n) is 13.4. The number of hydrogen-bond donors (Lipinski definition) is 1. The van der Waals surface area contributed by atoms with Crippen molar-refractivity contribution in [3.8, 4) is 0 Å². The average molecular weight is 1130 g/mol. The molecule has 2 atom stereocenters. The van der Waals surface area contributed by atoms with Gasteiger partial charge in [0, 0.05) is 12.8 Å². The summed E-state index contributed by atoms with van der Waals surface area (Å²) in [5, 5.41) is 9.72. The molecular formula is C72H120NO8+. The van der Waals surface area contributed by atoms with Crippen LogP contribution in [0.15, 0.2) is 134 Å². The minimum atomic E-state index is -1.53. The number of carbonyl (C=O) groups is 3. The Morgan fingerprint density at radius 2 is 0.667 bits per heavy atom. The Morgan fingerprint density at radius 3 is 1.01 bits per heavy atom. The molecule has 9 heteroatoms. The van der Waals surface area contributed by atoms with Gasteiger partial charge in [-0.1, -0.05) is 257 Å². The highest BCUT2D eigenvalue weighted by Crippen LogP contribution is 2.16. The topological polar surface area (TPSA) is 108 Å². The summed E-state index contributed by atoms with van der Waals surface area (Å²) in [6, 6.07) is 0. The van der Waals surface area contributed by atoms with Crippen molar-refractivity contribution in [2.75, 3.05) is 47.5 Å². The van der Waals surface area contributed by atoms with Crippen LogP contribution in [-0.2, 0) is 33.3 Å². The van der Waals surface area contributed by atoms with Crippen LogP contribution in [0.2, 0.25) is 0 Å². The van der Waals surface area contributed by atoms with Crippen molar-refractivity contribution in [3.05, 3.63) is 134 Å². The van der Waals surface area contributed by atoms with Crippen molar-refractivity contribution < 1.29 is 42.9 Å². The standard InChI is InChI=1S/C72H119NO8/c1-6-8-10-12-14-16-18-20-22-24-26-28-29-30-31-32-33-34-35-36-37-38-39-40-41-43-44-46-48-50-52-54-56-58-60-62-69(74)79-66-68(67-80-72(71(76)77)78-65-64-73(3,4)5)81-70(75)63-61-59-57-55-53-51-49-47-45-42-27-25-23-21-19-17-15-13-11-9-7-2/h8-11,14-17,20-23,26-28,30-31,42,47,49,53,55,68,72H,6-7,12-13,18-19,24-25,29,32-41,43-46,48,50-52,54,56-67H2,1-5H3/p+1/b10-8-,11-9-,16-14-,17-15-,22-20-,23-21-,28-26-,31-30-,42-27-,49-47-,55-53-. The van der Waals surface area contributed by atoms with E-state index in [4.69, 9.17) is 18.9 Å². The predicted octanol–water partition coefficient (Wildman–Crippen LogP) is 19.8. The molecule has 81 heavy (non-hydrogen) atoms. The van der Waals surface area contributed by atoms with E-state index in [2.05, 4.69) is 148 Å². The minimum Gasteiger partial charge on any atom is -0.477 e. The van der Waals surface area contributed by atoms with Crippen LogP contribution in [0.4, 0.5) is 0 Å². The van der Waals surface area contributed by atoms with Crippen LogP contribution in [0.1, 0.15) is 245 Å². The lowest BCUT2D eigenvalue weighted by molar-refractivity contribution is -0.870. The van der Waals surface area contributed by atoms with Crippen LogP contribution in [0.3, 0.4) is 0 Å². The summed E-state index contributed by atoms with van der Waals surface area (Å²) in [5.74, 6) is -2.07. The molecule has 9 nitrogen and oxygen atoms in total. The second-order valence-corrected chi connectivity index (χ2v) is 22.3. The number of aliphatic carboxylic acids is 1. The van der Waals surface area contributed by atoms with E-state index >= 15 is 0 Å². The van der Waals surface area contributed by atoms with Crippen LogP contribution in [-0.4, -0.2) is 87.4 Å². The molecule has 0 aromatic heterocycles. The van der Waals surface area contributed by atoms with E-state index in [0.717, 1.165) is 103 Å². The lowest BCUT2D eigenvalue weighted by atomic mass is 10.0. The summed E-state index contributed by atoms with van der Waals surface area (Å²) in [5.41, 5.74) is 0. The Hall–Kier alpha value is -4.57. The van der Waals surface area contributed by atoms with Crippen LogP contribution in [0.25, 0.3) is 0 Å². The maximum atomic E-state index is 12.9. The largest absolute Gasteiger partial charge is 0.477 e. The first-order valence-electron chi connectivity index (χ1n) is 32.3. The van der Waals surface area contributed by atoms with Gasteiger partial charge in [-0.15, -0.1) is 0 Å². The molecule has 0 aliphatic rings. The molecule has 0 fully saturated rings. The van der Waals surface area contributed by atoms with Gasteiger partial charge in [0.05, 0.1) is 34.4 Å². The molecule has 0 spiro atoms. The number of esters is 2. The third-order valence-corrected chi connectivity index (χ3v) is 13.4. The molecule has 0 bridgehead atoms. The number of unbranched alkanes of at least 4 members (excludes halogenated alkanes) is 21. The van der Waals surface area contributed by atoms with Gasteiger partial charge in [-0.05, 0) is 109 Å². The van der Waals surface area contributed by atoms with E-state index < -0.39 is 24.3 Å². The zero-order valence-corrected chi connectivity index (χ0v) is 52.4. The number of rotatable bonds is 58. The Morgan fingerprint density at radius 1 is 0.370 bits per heavy atom. The van der Waals surface area contributed by atoms with Crippen molar-refractivity contribution in [3.63, 3.8) is 0 Å². The van der Waals surface area contributed by atoms with Gasteiger partial charge in [-0.2, -0.15) is 0 Å². The maximum absolute atomic E-state index is 12.9. The van der Waals surface area contributed by atoms with Crippen molar-refractivity contribution in [2.24, 2.45) is 0 Å². The molecule has 0 aliphatic heterocycles. The first-order valence-corrected chi connectivity index (χ1v) is 32.3. The smallest absolute Gasteiger partial charge is 0.361 e. The summed E-state index contributed by atoms with van der Waals surface area (Å²) in [6.07, 6.45) is 85.6. The van der Waals surface area contributed by atoms with E-state index in [-0.39, 0.29) is 38.6 Å². The normalized spacial score (nSPS) is 13.6. The fraction of sp³-hybridized carbons (Fsp3) is 0.653. The SMILES string of the molecule is CC/C=C\C/C=C\C/C=C\C/C=C\C/C=C\C/C=C\CCCCC(=O)OC(COC(=O)CCCCCCCCCCCCCCCCCCCCC/C=C\C/C=C\C/C=C\C/C=C\C/C=C\CC)COC(OCC[N+](C)(C)C)C(=O)O. The van der Waals surface area contributed by atoms with Crippen molar-refractivity contribution >= 4 is 17.9 Å². The highest BCUT2D eigenvalue weighted by atomic mass is 16.7. The van der Waals surface area contributed by atoms with Crippen LogP contribution in [0, 0.1) is 0 Å². The summed E-state index contributed by atoms with van der Waals surface area (Å²) in [4.78, 5) is 37.5. The molecule has 0 saturated heterocycles. The lowest BCUT2D eigenvalue weighted by Gasteiger charge is -2.25. The number of ether oxygens (including phenoxy) is 4. The van der Waals surface area contributed by atoms with Crippen LogP contribution < -0.4 is 0 Å². The third kappa shape index (κ3) is 62.9. The number of hydrogen-bond acceptors (Lipinski definition) is 7. The average Bonchev–Trinajstić information content (AvgIpc) is 3.44. The second-order valence-electron chi connectivity index (χ2n) is 22.3. The zero-order valence-electron chi connectivity index (χ0n) is 52.4. The molecule has 2 unspecified atom stereocenters. The number of nitrogens with zero attached hydrogens (tertiary/aromatic N) is 1. The Labute approximate surface area is 497 Å². The molecule has 1 N–H and O–H groups in total. The van der Waals surface area contributed by atoms with Gasteiger partial charge in [-0.3, -0.25) is 9.59 Å². The van der Waals surface area contributed by atoms with Gasteiger partial charge >= 0.3 is 17.9 Å². The molecule has 0 aliphatic carbocycles. The minimum absolute atomic E-state index is 0.173. The van der Waals surface area contributed by atoms with E-state index in [1.807, 2.05) is 21.1 Å². The Kier molecular flexibility index (Phi) is 58.0. The van der Waals surface area contributed by atoms with E-state index in [1.54, 1.807) is 0 Å². The zero-order chi connectivity index (χ0) is 59.1. The number of carbonyl (C=O) groups excluding carboxylic acids is 2. The fourth-order valence-corrected chi connectivity index (χ4v) is 8.51. The van der Waals surface area contributed by atoms with Crippen LogP contribution >= 0.6 is 0 Å². The summed E-state index contributed by atoms with van der Waals surface area (Å²) < 4.78 is 22.9. The van der Waals surface area contributed by atoms with Gasteiger partial charge in [0.2, 0.25) is 0 Å². The molecule has 0 saturated carbocycles. The number of quaternary nitrogens is 1. The number of allylic oxidation sites excluding steroid dienone is 22. The fourth-order valence-electron chi connectivity index (χ4n) is 8.51. The number of carboxylic acids is 1. The van der Waals surface area contributed by atoms with Gasteiger partial charge in [-0.25, -0.2) is 4.79 Å². The summed E-state index contributed by atoms with van der Waals surface area (Å²) in [7, 11) is 5.95. The van der Waals surface area contributed by atoms with E-state index in [1.165, 1.54) is 109 Å². The van der Waals surface area contributed by atoms with Crippen molar-refractivity contribution in [1.82, 2.24) is 0 Å². The molecule has 0 amide bonds. The molecule has 0 aromatic carbocycles. The molecule has 0 heterocycles. The first kappa shape index (κ1) is 76.4.